The van der Waals surface area contributed by atoms with Crippen LogP contribution in [0.15, 0.2) is 51.9 Å². The summed E-state index contributed by atoms with van der Waals surface area (Å²) in [5, 5.41) is 3.75. The number of carbonyl (C=O) groups is 1. The van der Waals surface area contributed by atoms with Crippen LogP contribution in [0.4, 0.5) is 5.69 Å². The van der Waals surface area contributed by atoms with Crippen molar-refractivity contribution in [2.75, 3.05) is 38.2 Å². The first kappa shape index (κ1) is 17.8. The van der Waals surface area contributed by atoms with Crippen LogP contribution in [0, 0.1) is 0 Å². The highest BCUT2D eigenvalue weighted by Gasteiger charge is 2.26. The highest BCUT2D eigenvalue weighted by atomic mass is 16.5. The lowest BCUT2D eigenvalue weighted by Gasteiger charge is -2.35. The zero-order chi connectivity index (χ0) is 19.5. The fourth-order valence-electron chi connectivity index (χ4n) is 3.11. The molecule has 0 atom stereocenters. The third-order valence-electron chi connectivity index (χ3n) is 4.67. The number of H-pyrrole nitrogens is 1. The molecule has 1 aliphatic rings. The summed E-state index contributed by atoms with van der Waals surface area (Å²) in [6.45, 7) is 2.48. The average molecular weight is 381 g/mol. The zero-order valence-electron chi connectivity index (χ0n) is 15.3. The van der Waals surface area contributed by atoms with Crippen LogP contribution in [0.3, 0.4) is 0 Å². The van der Waals surface area contributed by atoms with Crippen molar-refractivity contribution in [3.8, 4) is 17.2 Å². The van der Waals surface area contributed by atoms with Gasteiger partial charge in [-0.25, -0.2) is 0 Å². The number of benzene rings is 1. The van der Waals surface area contributed by atoms with Gasteiger partial charge in [-0.2, -0.15) is 4.98 Å². The van der Waals surface area contributed by atoms with Crippen molar-refractivity contribution in [1.82, 2.24) is 20.0 Å². The molecule has 3 heterocycles. The number of pyridine rings is 1. The molecule has 3 aromatic rings. The number of nitrogens with zero attached hydrogens (tertiary/aromatic N) is 4. The van der Waals surface area contributed by atoms with E-state index in [1.165, 1.54) is 6.20 Å². The van der Waals surface area contributed by atoms with Gasteiger partial charge in [0.15, 0.2) is 0 Å². The van der Waals surface area contributed by atoms with Crippen LogP contribution in [0.5, 0.6) is 5.75 Å². The molecule has 9 heteroatoms. The molecule has 0 saturated carbocycles. The van der Waals surface area contributed by atoms with Crippen LogP contribution in [-0.4, -0.2) is 59.2 Å². The highest BCUT2D eigenvalue weighted by molar-refractivity contribution is 5.90. The Kier molecular flexibility index (Phi) is 4.79. The van der Waals surface area contributed by atoms with E-state index >= 15 is 0 Å². The maximum Gasteiger partial charge on any atom is 0.295 e. The predicted molar refractivity (Wildman–Crippen MR) is 101 cm³/mol. The number of piperazine rings is 1. The molecule has 0 aliphatic carbocycles. The van der Waals surface area contributed by atoms with Crippen molar-refractivity contribution in [3.05, 3.63) is 58.8 Å². The van der Waals surface area contributed by atoms with Crippen LogP contribution in [0.1, 0.15) is 10.6 Å². The molecular weight excluding hydrogens is 362 g/mol. The Labute approximate surface area is 160 Å². The standard InChI is InChI=1S/C19H19N5O4/c1-27-14-6-4-13(5-7-14)23-9-11-24(12-10-23)19(26)16-21-18(28-22-16)15-3-2-8-20-17(15)25/h2-8H,9-12H2,1H3,(H,20,25). The average Bonchev–Trinajstić information content (AvgIpc) is 3.24. The number of nitrogens with one attached hydrogen (secondary N) is 1. The molecule has 1 aromatic carbocycles. The van der Waals surface area contributed by atoms with E-state index in [2.05, 4.69) is 20.0 Å². The molecular formula is C19H19N5O4. The second-order valence-electron chi connectivity index (χ2n) is 6.31. The minimum Gasteiger partial charge on any atom is -0.497 e. The first-order valence-corrected chi connectivity index (χ1v) is 8.86. The number of rotatable bonds is 4. The van der Waals surface area contributed by atoms with Crippen LogP contribution in [-0.2, 0) is 0 Å². The predicted octanol–water partition coefficient (Wildman–Crippen LogP) is 1.40. The van der Waals surface area contributed by atoms with E-state index < -0.39 is 0 Å². The van der Waals surface area contributed by atoms with E-state index in [0.29, 0.717) is 26.2 Å². The summed E-state index contributed by atoms with van der Waals surface area (Å²) in [6.07, 6.45) is 1.51. The van der Waals surface area contributed by atoms with Gasteiger partial charge in [0.05, 0.1) is 7.11 Å². The molecule has 0 unspecified atom stereocenters. The number of hydrogen-bond acceptors (Lipinski definition) is 7. The number of carbonyl (C=O) groups excluding carboxylic acids is 1. The summed E-state index contributed by atoms with van der Waals surface area (Å²) in [7, 11) is 1.64. The van der Waals surface area contributed by atoms with Gasteiger partial charge in [0.2, 0.25) is 0 Å². The molecule has 0 bridgehead atoms. The number of anilines is 1. The number of ether oxygens (including phenoxy) is 1. The smallest absolute Gasteiger partial charge is 0.295 e. The van der Waals surface area contributed by atoms with Crippen molar-refractivity contribution in [2.45, 2.75) is 0 Å². The van der Waals surface area contributed by atoms with Crippen molar-refractivity contribution in [2.24, 2.45) is 0 Å². The first-order valence-electron chi connectivity index (χ1n) is 8.86. The van der Waals surface area contributed by atoms with E-state index in [0.717, 1.165) is 11.4 Å². The van der Waals surface area contributed by atoms with Gasteiger partial charge >= 0.3 is 0 Å². The number of aromatic nitrogens is 3. The second kappa shape index (κ2) is 7.55. The molecule has 9 nitrogen and oxygen atoms in total. The Morgan fingerprint density at radius 1 is 1.14 bits per heavy atom. The van der Waals surface area contributed by atoms with Gasteiger partial charge in [0.1, 0.15) is 11.3 Å². The van der Waals surface area contributed by atoms with Gasteiger partial charge in [-0.15, -0.1) is 0 Å². The molecule has 1 saturated heterocycles. The molecule has 1 amide bonds. The maximum absolute atomic E-state index is 12.7. The van der Waals surface area contributed by atoms with E-state index in [4.69, 9.17) is 9.26 Å². The molecule has 1 fully saturated rings. The lowest BCUT2D eigenvalue weighted by atomic mass is 10.2. The Balaban J connectivity index is 1.41. The van der Waals surface area contributed by atoms with Crippen molar-refractivity contribution in [3.63, 3.8) is 0 Å². The number of amides is 1. The minimum atomic E-state index is -0.349. The summed E-state index contributed by atoms with van der Waals surface area (Å²) in [5.74, 6) is 0.484. The van der Waals surface area contributed by atoms with E-state index in [9.17, 15) is 9.59 Å². The molecule has 1 aliphatic heterocycles. The van der Waals surface area contributed by atoms with Crippen LogP contribution < -0.4 is 15.2 Å². The summed E-state index contributed by atoms with van der Waals surface area (Å²) in [5.41, 5.74) is 0.967. The van der Waals surface area contributed by atoms with Crippen molar-refractivity contribution < 1.29 is 14.1 Å². The number of aromatic amines is 1. The van der Waals surface area contributed by atoms with Crippen LogP contribution in [0.25, 0.3) is 11.5 Å². The Morgan fingerprint density at radius 2 is 1.89 bits per heavy atom. The molecule has 2 aromatic heterocycles. The molecule has 0 radical (unpaired) electrons. The summed E-state index contributed by atoms with van der Waals surface area (Å²) < 4.78 is 10.3. The zero-order valence-corrected chi connectivity index (χ0v) is 15.3. The minimum absolute atomic E-state index is 0.0297. The SMILES string of the molecule is COc1ccc(N2CCN(C(=O)c3noc(-c4ccc[nH]c4=O)n3)CC2)cc1. The van der Waals surface area contributed by atoms with Gasteiger partial charge in [0, 0.05) is 38.1 Å². The largest absolute Gasteiger partial charge is 0.497 e. The third-order valence-corrected chi connectivity index (χ3v) is 4.67. The van der Waals surface area contributed by atoms with Crippen molar-refractivity contribution in [1.29, 1.82) is 0 Å². The van der Waals surface area contributed by atoms with E-state index in [1.807, 2.05) is 24.3 Å². The monoisotopic (exact) mass is 381 g/mol. The Bertz CT molecular complexity index is 1020. The molecule has 28 heavy (non-hydrogen) atoms. The second-order valence-corrected chi connectivity index (χ2v) is 6.31. The number of hydrogen-bond donors (Lipinski definition) is 1. The Hall–Kier alpha value is -3.62. The molecule has 1 N–H and O–H groups in total. The van der Waals surface area contributed by atoms with E-state index in [1.54, 1.807) is 24.1 Å². The summed E-state index contributed by atoms with van der Waals surface area (Å²) in [4.78, 5) is 35.0. The van der Waals surface area contributed by atoms with Crippen LogP contribution in [0.2, 0.25) is 0 Å². The topological polar surface area (TPSA) is 105 Å². The maximum atomic E-state index is 12.7. The quantitative estimate of drug-likeness (QED) is 0.728. The molecule has 4 rings (SSSR count). The van der Waals surface area contributed by atoms with Gasteiger partial charge < -0.3 is 24.0 Å². The lowest BCUT2D eigenvalue weighted by Crippen LogP contribution is -2.49. The fraction of sp³-hybridized carbons (Fsp3) is 0.263. The normalized spacial score (nSPS) is 14.2. The van der Waals surface area contributed by atoms with Gasteiger partial charge in [0.25, 0.3) is 23.2 Å². The van der Waals surface area contributed by atoms with Crippen LogP contribution >= 0.6 is 0 Å². The highest BCUT2D eigenvalue weighted by Crippen LogP contribution is 2.21. The van der Waals surface area contributed by atoms with E-state index in [-0.39, 0.29) is 28.7 Å². The third kappa shape index (κ3) is 3.46. The fourth-order valence-corrected chi connectivity index (χ4v) is 3.11. The summed E-state index contributed by atoms with van der Waals surface area (Å²) >= 11 is 0. The summed E-state index contributed by atoms with van der Waals surface area (Å²) in [6, 6.07) is 11.0. The Morgan fingerprint density at radius 3 is 2.57 bits per heavy atom. The lowest BCUT2D eigenvalue weighted by molar-refractivity contribution is 0.0731. The van der Waals surface area contributed by atoms with Gasteiger partial charge in [-0.3, -0.25) is 9.59 Å². The van der Waals surface area contributed by atoms with Gasteiger partial charge in [-0.1, -0.05) is 5.16 Å². The molecule has 144 valence electrons. The molecule has 0 spiro atoms. The van der Waals surface area contributed by atoms with Gasteiger partial charge in [-0.05, 0) is 36.4 Å². The number of methoxy groups -OCH3 is 1. The van der Waals surface area contributed by atoms with Crippen molar-refractivity contribution >= 4 is 11.6 Å². The first-order chi connectivity index (χ1) is 13.7.